The summed E-state index contributed by atoms with van der Waals surface area (Å²) in [5, 5.41) is 0. The Kier molecular flexibility index (Phi) is 6.35. The summed E-state index contributed by atoms with van der Waals surface area (Å²) in [6.45, 7) is 2.78. The van der Waals surface area contributed by atoms with Gasteiger partial charge in [-0.2, -0.15) is 18.2 Å². The van der Waals surface area contributed by atoms with Gasteiger partial charge in [0.05, 0.1) is 31.0 Å². The first-order valence-electron chi connectivity index (χ1n) is 11.4. The van der Waals surface area contributed by atoms with Gasteiger partial charge in [0, 0.05) is 49.7 Å². The number of nitrogens with two attached hydrogens (primary N) is 1. The van der Waals surface area contributed by atoms with Crippen LogP contribution in [-0.4, -0.2) is 66.8 Å². The van der Waals surface area contributed by atoms with E-state index in [1.165, 1.54) is 6.07 Å². The molecule has 12 heteroatoms. The van der Waals surface area contributed by atoms with Crippen LogP contribution in [0.3, 0.4) is 0 Å². The number of anilines is 4. The quantitative estimate of drug-likeness (QED) is 0.585. The number of nitrogens with zero attached hydrogens (tertiary/aromatic N) is 6. The highest BCUT2D eigenvalue weighted by molar-refractivity contribution is 5.97. The van der Waals surface area contributed by atoms with Crippen molar-refractivity contribution in [1.29, 1.82) is 0 Å². The van der Waals surface area contributed by atoms with Gasteiger partial charge < -0.3 is 25.2 Å². The number of para-hydroxylation sites is 1. The molecule has 1 amide bonds. The number of piperazine rings is 1. The lowest BCUT2D eigenvalue weighted by Crippen LogP contribution is -2.51. The molecule has 0 spiro atoms. The summed E-state index contributed by atoms with van der Waals surface area (Å²) < 4.78 is 47.0. The number of amides is 1. The summed E-state index contributed by atoms with van der Waals surface area (Å²) in [5.41, 5.74) is 5.27. The highest BCUT2D eigenvalue weighted by atomic mass is 19.4. The van der Waals surface area contributed by atoms with E-state index < -0.39 is 11.7 Å². The van der Waals surface area contributed by atoms with Crippen molar-refractivity contribution < 1.29 is 22.7 Å². The second-order valence-electron chi connectivity index (χ2n) is 8.47. The molecule has 188 valence electrons. The van der Waals surface area contributed by atoms with Crippen molar-refractivity contribution in [2.45, 2.75) is 6.18 Å². The minimum atomic E-state index is -4.66. The van der Waals surface area contributed by atoms with Crippen molar-refractivity contribution >= 4 is 29.2 Å². The van der Waals surface area contributed by atoms with Gasteiger partial charge in [-0.3, -0.25) is 4.79 Å². The minimum absolute atomic E-state index is 0.0278. The van der Waals surface area contributed by atoms with Gasteiger partial charge in [0.25, 0.3) is 0 Å². The summed E-state index contributed by atoms with van der Waals surface area (Å²) in [7, 11) is 0. The number of nitrogen functional groups attached to an aromatic ring is 1. The van der Waals surface area contributed by atoms with Gasteiger partial charge in [-0.15, -0.1) is 0 Å². The molecular weight excluding hydrogens is 475 g/mol. The van der Waals surface area contributed by atoms with Crippen LogP contribution in [0, 0.1) is 0 Å². The average Bonchev–Trinajstić information content (AvgIpc) is 2.89. The maximum absolute atomic E-state index is 13.9. The van der Waals surface area contributed by atoms with Gasteiger partial charge in [0.15, 0.2) is 0 Å². The zero-order valence-corrected chi connectivity index (χ0v) is 19.3. The molecular formula is C24H24F3N7O2. The van der Waals surface area contributed by atoms with E-state index in [0.717, 1.165) is 18.0 Å². The molecule has 2 saturated heterocycles. The number of pyridine rings is 1. The van der Waals surface area contributed by atoms with E-state index in [1.807, 2.05) is 35.2 Å². The van der Waals surface area contributed by atoms with E-state index in [0.29, 0.717) is 45.2 Å². The Morgan fingerprint density at radius 3 is 2.39 bits per heavy atom. The lowest BCUT2D eigenvalue weighted by atomic mass is 10.1. The van der Waals surface area contributed by atoms with Crippen molar-refractivity contribution in [3.05, 3.63) is 54.2 Å². The van der Waals surface area contributed by atoms with Crippen LogP contribution in [0.2, 0.25) is 0 Å². The van der Waals surface area contributed by atoms with Crippen LogP contribution in [0.1, 0.15) is 5.56 Å². The molecule has 0 bridgehead atoms. The monoisotopic (exact) mass is 499 g/mol. The molecule has 2 N–H and O–H groups in total. The average molecular weight is 499 g/mol. The molecule has 0 atom stereocenters. The number of hydrogen-bond donors (Lipinski definition) is 1. The third-order valence-corrected chi connectivity index (χ3v) is 6.11. The van der Waals surface area contributed by atoms with E-state index >= 15 is 0 Å². The topological polar surface area (TPSA) is 101 Å². The predicted molar refractivity (Wildman–Crippen MR) is 129 cm³/mol. The molecule has 2 aliphatic rings. The van der Waals surface area contributed by atoms with E-state index in [-0.39, 0.29) is 35.5 Å². The number of halogens is 3. The molecule has 0 saturated carbocycles. The fourth-order valence-electron chi connectivity index (χ4n) is 4.29. The highest BCUT2D eigenvalue weighted by Gasteiger charge is 2.35. The molecule has 9 nitrogen and oxygen atoms in total. The summed E-state index contributed by atoms with van der Waals surface area (Å²) in [5.74, 6) is 0.267. The molecule has 4 heterocycles. The number of rotatable bonds is 4. The zero-order valence-electron chi connectivity index (χ0n) is 19.3. The van der Waals surface area contributed by atoms with Crippen LogP contribution >= 0.6 is 0 Å². The number of carbonyl (C=O) groups excluding carboxylic acids is 1. The first kappa shape index (κ1) is 23.8. The molecule has 3 aromatic rings. The molecule has 5 rings (SSSR count). The van der Waals surface area contributed by atoms with E-state index in [1.54, 1.807) is 9.80 Å². The van der Waals surface area contributed by atoms with E-state index in [9.17, 15) is 18.0 Å². The van der Waals surface area contributed by atoms with Gasteiger partial charge in [0.2, 0.25) is 11.9 Å². The lowest BCUT2D eigenvalue weighted by molar-refractivity contribution is -0.137. The van der Waals surface area contributed by atoms with Crippen LogP contribution in [0.4, 0.5) is 36.4 Å². The number of benzene rings is 1. The molecule has 36 heavy (non-hydrogen) atoms. The Hall–Kier alpha value is -3.93. The van der Waals surface area contributed by atoms with Crippen LogP contribution in [0.5, 0.6) is 0 Å². The molecule has 0 unspecified atom stereocenters. The van der Waals surface area contributed by atoms with Gasteiger partial charge >= 0.3 is 6.18 Å². The molecule has 2 fully saturated rings. The van der Waals surface area contributed by atoms with Crippen molar-refractivity contribution in [2.75, 3.05) is 66.4 Å². The Morgan fingerprint density at radius 1 is 0.944 bits per heavy atom. The van der Waals surface area contributed by atoms with Crippen LogP contribution < -0.4 is 20.4 Å². The Balaban J connectivity index is 1.53. The summed E-state index contributed by atoms with van der Waals surface area (Å²) >= 11 is 0. The standard InChI is InChI=1S/C24H24F3N7O2/c25-24(26,27)18-12-20(28)29-14-17(18)19-13-21(31-23(30-19)32-8-10-36-11-9-32)33-6-7-34(22(35)15-33)16-4-2-1-3-5-16/h1-5,12-14H,6-11,15H2,(H2,28,29). The third-order valence-electron chi connectivity index (χ3n) is 6.11. The molecule has 2 aliphatic heterocycles. The largest absolute Gasteiger partial charge is 0.417 e. The van der Waals surface area contributed by atoms with Crippen molar-refractivity contribution in [1.82, 2.24) is 15.0 Å². The van der Waals surface area contributed by atoms with Crippen molar-refractivity contribution in [3.63, 3.8) is 0 Å². The molecule has 0 aliphatic carbocycles. The first-order valence-corrected chi connectivity index (χ1v) is 11.4. The Morgan fingerprint density at radius 2 is 1.69 bits per heavy atom. The summed E-state index contributed by atoms with van der Waals surface area (Å²) in [6, 6.07) is 11.6. The van der Waals surface area contributed by atoms with Crippen LogP contribution in [0.15, 0.2) is 48.7 Å². The first-order chi connectivity index (χ1) is 17.3. The second-order valence-corrected chi connectivity index (χ2v) is 8.47. The summed E-state index contributed by atoms with van der Waals surface area (Å²) in [6.07, 6.45) is -3.58. The maximum Gasteiger partial charge on any atom is 0.417 e. The highest BCUT2D eigenvalue weighted by Crippen LogP contribution is 2.38. The second kappa shape index (κ2) is 9.61. The van der Waals surface area contributed by atoms with E-state index in [4.69, 9.17) is 10.5 Å². The fourth-order valence-corrected chi connectivity index (χ4v) is 4.29. The van der Waals surface area contributed by atoms with Gasteiger partial charge in [-0.25, -0.2) is 9.97 Å². The number of morpholine rings is 1. The normalized spacial score (nSPS) is 17.0. The minimum Gasteiger partial charge on any atom is -0.384 e. The van der Waals surface area contributed by atoms with Gasteiger partial charge in [-0.05, 0) is 18.2 Å². The zero-order chi connectivity index (χ0) is 25.3. The Bertz CT molecular complexity index is 1250. The van der Waals surface area contributed by atoms with Gasteiger partial charge in [-0.1, -0.05) is 18.2 Å². The molecule has 0 radical (unpaired) electrons. The number of aromatic nitrogens is 3. The predicted octanol–water partition coefficient (Wildman–Crippen LogP) is 2.83. The van der Waals surface area contributed by atoms with Crippen molar-refractivity contribution in [2.24, 2.45) is 0 Å². The van der Waals surface area contributed by atoms with E-state index in [2.05, 4.69) is 15.0 Å². The SMILES string of the molecule is Nc1cc(C(F)(F)F)c(-c2cc(N3CCN(c4ccccc4)C(=O)C3)nc(N3CCOCC3)n2)cn1. The fraction of sp³-hybridized carbons (Fsp3) is 0.333. The molecule has 1 aromatic carbocycles. The number of hydrogen-bond acceptors (Lipinski definition) is 8. The number of ether oxygens (including phenoxy) is 1. The van der Waals surface area contributed by atoms with Crippen LogP contribution in [-0.2, 0) is 15.7 Å². The van der Waals surface area contributed by atoms with Crippen molar-refractivity contribution in [3.8, 4) is 11.3 Å². The summed E-state index contributed by atoms with van der Waals surface area (Å²) in [4.78, 5) is 31.3. The Labute approximate surface area is 205 Å². The lowest BCUT2D eigenvalue weighted by Gasteiger charge is -2.35. The van der Waals surface area contributed by atoms with Gasteiger partial charge in [0.1, 0.15) is 11.6 Å². The number of carbonyl (C=O) groups is 1. The van der Waals surface area contributed by atoms with Crippen LogP contribution in [0.25, 0.3) is 11.3 Å². The number of alkyl halides is 3. The third kappa shape index (κ3) is 4.89. The molecule has 2 aromatic heterocycles. The maximum atomic E-state index is 13.9. The smallest absolute Gasteiger partial charge is 0.384 e.